The summed E-state index contributed by atoms with van der Waals surface area (Å²) in [5, 5.41) is 0. The first kappa shape index (κ1) is 18.0. The summed E-state index contributed by atoms with van der Waals surface area (Å²) in [6.07, 6.45) is 0. The third-order valence-corrected chi connectivity index (χ3v) is 4.33. The van der Waals surface area contributed by atoms with Crippen molar-refractivity contribution in [1.29, 1.82) is 0 Å². The molecule has 138 valence electrons. The van der Waals surface area contributed by atoms with Gasteiger partial charge in [-0.15, -0.1) is 0 Å². The van der Waals surface area contributed by atoms with Gasteiger partial charge in [0, 0.05) is 26.2 Å². The predicted octanol–water partition coefficient (Wildman–Crippen LogP) is 2.95. The van der Waals surface area contributed by atoms with Crippen LogP contribution in [0.2, 0.25) is 0 Å². The molecule has 0 radical (unpaired) electrons. The van der Waals surface area contributed by atoms with Crippen LogP contribution in [0.25, 0.3) is 0 Å². The molecule has 1 aliphatic heterocycles. The first-order chi connectivity index (χ1) is 12.7. The summed E-state index contributed by atoms with van der Waals surface area (Å²) < 4.78 is 25.0. The zero-order valence-electron chi connectivity index (χ0n) is 14.9. The Bertz CT molecular complexity index is 745. The first-order valence-electron chi connectivity index (χ1n) is 8.81. The predicted molar refractivity (Wildman–Crippen MR) is 98.3 cm³/mol. The van der Waals surface area contributed by atoms with E-state index < -0.39 is 0 Å². The maximum Gasteiger partial charge on any atom is 0.260 e. The highest BCUT2D eigenvalue weighted by atomic mass is 19.1. The van der Waals surface area contributed by atoms with E-state index in [0.717, 1.165) is 0 Å². The standard InChI is InChI=1S/C20H23FN2O3/c1-2-25-18-9-5-6-10-19(18)26-15-20(24)23-13-11-22(12-14-23)17-8-4-3-7-16(17)21/h3-10H,2,11-15H2,1H3. The molecular weight excluding hydrogens is 335 g/mol. The maximum atomic E-state index is 13.9. The van der Waals surface area contributed by atoms with E-state index in [4.69, 9.17) is 9.47 Å². The molecule has 0 bridgehead atoms. The second-order valence-electron chi connectivity index (χ2n) is 5.99. The SMILES string of the molecule is CCOc1ccccc1OCC(=O)N1CCN(c2ccccc2F)CC1. The second kappa shape index (κ2) is 8.56. The Labute approximate surface area is 152 Å². The molecule has 1 fully saturated rings. The van der Waals surface area contributed by atoms with Gasteiger partial charge in [-0.2, -0.15) is 0 Å². The van der Waals surface area contributed by atoms with Crippen molar-refractivity contribution in [2.75, 3.05) is 44.3 Å². The molecular formula is C20H23FN2O3. The highest BCUT2D eigenvalue weighted by molar-refractivity contribution is 5.78. The number of benzene rings is 2. The summed E-state index contributed by atoms with van der Waals surface area (Å²) in [4.78, 5) is 16.1. The van der Waals surface area contributed by atoms with Gasteiger partial charge in [0.15, 0.2) is 18.1 Å². The molecule has 3 rings (SSSR count). The quantitative estimate of drug-likeness (QED) is 0.796. The largest absolute Gasteiger partial charge is 0.490 e. The van der Waals surface area contributed by atoms with Crippen LogP contribution < -0.4 is 14.4 Å². The number of amides is 1. The van der Waals surface area contributed by atoms with E-state index in [1.54, 1.807) is 23.1 Å². The Hall–Kier alpha value is -2.76. The van der Waals surface area contributed by atoms with E-state index in [9.17, 15) is 9.18 Å². The molecule has 1 aliphatic rings. The molecule has 0 aromatic heterocycles. The highest BCUT2D eigenvalue weighted by Crippen LogP contribution is 2.26. The Morgan fingerprint density at radius 3 is 2.23 bits per heavy atom. The number of para-hydroxylation sites is 3. The summed E-state index contributed by atoms with van der Waals surface area (Å²) in [7, 11) is 0. The number of carbonyl (C=O) groups is 1. The lowest BCUT2D eigenvalue weighted by molar-refractivity contribution is -0.133. The maximum absolute atomic E-state index is 13.9. The van der Waals surface area contributed by atoms with Crippen molar-refractivity contribution in [3.05, 3.63) is 54.3 Å². The molecule has 5 nitrogen and oxygen atoms in total. The van der Waals surface area contributed by atoms with Crippen LogP contribution in [0.3, 0.4) is 0 Å². The van der Waals surface area contributed by atoms with E-state index >= 15 is 0 Å². The zero-order valence-corrected chi connectivity index (χ0v) is 14.9. The smallest absolute Gasteiger partial charge is 0.260 e. The van der Waals surface area contributed by atoms with Gasteiger partial charge in [0.05, 0.1) is 12.3 Å². The lowest BCUT2D eigenvalue weighted by atomic mass is 10.2. The van der Waals surface area contributed by atoms with Crippen LogP contribution in [0.4, 0.5) is 10.1 Å². The Balaban J connectivity index is 1.52. The molecule has 2 aromatic carbocycles. The molecule has 6 heteroatoms. The number of nitrogens with zero attached hydrogens (tertiary/aromatic N) is 2. The van der Waals surface area contributed by atoms with Crippen LogP contribution in [-0.4, -0.2) is 50.2 Å². The molecule has 1 amide bonds. The fourth-order valence-corrected chi connectivity index (χ4v) is 2.98. The molecule has 0 aliphatic carbocycles. The first-order valence-corrected chi connectivity index (χ1v) is 8.81. The van der Waals surface area contributed by atoms with E-state index in [1.165, 1.54) is 6.07 Å². The van der Waals surface area contributed by atoms with Gasteiger partial charge in [0.2, 0.25) is 0 Å². The van der Waals surface area contributed by atoms with E-state index in [-0.39, 0.29) is 18.3 Å². The molecule has 0 saturated carbocycles. The number of anilines is 1. The lowest BCUT2D eigenvalue weighted by Crippen LogP contribution is -2.50. The summed E-state index contributed by atoms with van der Waals surface area (Å²) >= 11 is 0. The molecule has 26 heavy (non-hydrogen) atoms. The molecule has 0 unspecified atom stereocenters. The summed E-state index contributed by atoms with van der Waals surface area (Å²) in [5.74, 6) is 0.882. The van der Waals surface area contributed by atoms with Gasteiger partial charge in [0.1, 0.15) is 5.82 Å². The van der Waals surface area contributed by atoms with Crippen molar-refractivity contribution in [2.24, 2.45) is 0 Å². The monoisotopic (exact) mass is 358 g/mol. The van der Waals surface area contributed by atoms with Crippen molar-refractivity contribution in [2.45, 2.75) is 6.92 Å². The average molecular weight is 358 g/mol. The van der Waals surface area contributed by atoms with Crippen molar-refractivity contribution >= 4 is 11.6 Å². The number of piperazine rings is 1. The van der Waals surface area contributed by atoms with E-state index in [2.05, 4.69) is 0 Å². The Kier molecular flexibility index (Phi) is 5.94. The van der Waals surface area contributed by atoms with Crippen LogP contribution >= 0.6 is 0 Å². The average Bonchev–Trinajstić information content (AvgIpc) is 2.68. The van der Waals surface area contributed by atoms with Crippen LogP contribution in [0.5, 0.6) is 11.5 Å². The Morgan fingerprint density at radius 2 is 1.58 bits per heavy atom. The molecule has 1 saturated heterocycles. The number of halogens is 1. The van der Waals surface area contributed by atoms with E-state index in [1.807, 2.05) is 36.1 Å². The van der Waals surface area contributed by atoms with Crippen molar-refractivity contribution in [3.63, 3.8) is 0 Å². The molecule has 2 aromatic rings. The normalized spacial score (nSPS) is 14.2. The van der Waals surface area contributed by atoms with Gasteiger partial charge < -0.3 is 19.3 Å². The third kappa shape index (κ3) is 4.25. The number of carbonyl (C=O) groups excluding carboxylic acids is 1. The van der Waals surface area contributed by atoms with Gasteiger partial charge in [-0.3, -0.25) is 4.79 Å². The van der Waals surface area contributed by atoms with E-state index in [0.29, 0.717) is 50.0 Å². The highest BCUT2D eigenvalue weighted by Gasteiger charge is 2.23. The van der Waals surface area contributed by atoms with Gasteiger partial charge in [-0.1, -0.05) is 24.3 Å². The van der Waals surface area contributed by atoms with Crippen LogP contribution in [0.1, 0.15) is 6.92 Å². The fraction of sp³-hybridized carbons (Fsp3) is 0.350. The summed E-state index contributed by atoms with van der Waals surface area (Å²) in [6, 6.07) is 14.0. The minimum Gasteiger partial charge on any atom is -0.490 e. The van der Waals surface area contributed by atoms with Gasteiger partial charge >= 0.3 is 0 Å². The second-order valence-corrected chi connectivity index (χ2v) is 5.99. The topological polar surface area (TPSA) is 42.0 Å². The zero-order chi connectivity index (χ0) is 18.4. The minimum absolute atomic E-state index is 0.0379. The fourth-order valence-electron chi connectivity index (χ4n) is 2.98. The summed E-state index contributed by atoms with van der Waals surface area (Å²) in [6.45, 7) is 4.69. The third-order valence-electron chi connectivity index (χ3n) is 4.33. The van der Waals surface area contributed by atoms with Crippen molar-refractivity contribution in [1.82, 2.24) is 4.90 Å². The van der Waals surface area contributed by atoms with Crippen molar-refractivity contribution < 1.29 is 18.7 Å². The molecule has 0 N–H and O–H groups in total. The van der Waals surface area contributed by atoms with Gasteiger partial charge in [0.25, 0.3) is 5.91 Å². The number of hydrogen-bond acceptors (Lipinski definition) is 4. The molecule has 0 spiro atoms. The molecule has 0 atom stereocenters. The van der Waals surface area contributed by atoms with Crippen molar-refractivity contribution in [3.8, 4) is 11.5 Å². The van der Waals surface area contributed by atoms with Crippen LogP contribution in [0, 0.1) is 5.82 Å². The van der Waals surface area contributed by atoms with Crippen LogP contribution in [-0.2, 0) is 4.79 Å². The lowest BCUT2D eigenvalue weighted by Gasteiger charge is -2.36. The summed E-state index contributed by atoms with van der Waals surface area (Å²) in [5.41, 5.74) is 0.585. The van der Waals surface area contributed by atoms with Gasteiger partial charge in [-0.25, -0.2) is 4.39 Å². The van der Waals surface area contributed by atoms with Crippen LogP contribution in [0.15, 0.2) is 48.5 Å². The number of hydrogen-bond donors (Lipinski definition) is 0. The minimum atomic E-state index is -0.233. The Morgan fingerprint density at radius 1 is 0.962 bits per heavy atom. The van der Waals surface area contributed by atoms with Gasteiger partial charge in [-0.05, 0) is 31.2 Å². The molecule has 1 heterocycles. The number of ether oxygens (including phenoxy) is 2. The number of rotatable bonds is 6.